The van der Waals surface area contributed by atoms with Crippen LogP contribution in [-0.4, -0.2) is 47.8 Å². The van der Waals surface area contributed by atoms with Crippen LogP contribution in [0.15, 0.2) is 0 Å². The summed E-state index contributed by atoms with van der Waals surface area (Å²) < 4.78 is 0. The molecule has 0 bridgehead atoms. The molecule has 3 nitrogen and oxygen atoms in total. The van der Waals surface area contributed by atoms with Crippen molar-refractivity contribution in [3.63, 3.8) is 0 Å². The topological polar surface area (TPSA) is 35.5 Å². The zero-order chi connectivity index (χ0) is 15.4. The maximum Gasteiger partial charge on any atom is 0.0474 e. The minimum atomic E-state index is 0.371. The number of aliphatic hydroxyl groups excluding tert-OH is 1. The Morgan fingerprint density at radius 2 is 1.59 bits per heavy atom. The van der Waals surface area contributed by atoms with Gasteiger partial charge in [-0.3, -0.25) is 0 Å². The van der Waals surface area contributed by atoms with Crippen LogP contribution in [0.3, 0.4) is 0 Å². The summed E-state index contributed by atoms with van der Waals surface area (Å²) in [7, 11) is 0. The van der Waals surface area contributed by atoms with Crippen LogP contribution in [0.4, 0.5) is 0 Å². The van der Waals surface area contributed by atoms with E-state index in [-0.39, 0.29) is 0 Å². The van der Waals surface area contributed by atoms with Crippen molar-refractivity contribution < 1.29 is 5.11 Å². The van der Waals surface area contributed by atoms with Crippen molar-refractivity contribution in [3.8, 4) is 0 Å². The molecule has 3 heteroatoms. The molecule has 3 rings (SSSR count). The van der Waals surface area contributed by atoms with Crippen LogP contribution in [0, 0.1) is 11.8 Å². The Kier molecular flexibility index (Phi) is 6.17. The van der Waals surface area contributed by atoms with Crippen molar-refractivity contribution >= 4 is 0 Å². The fraction of sp³-hybridized carbons (Fsp3) is 1.00. The maximum atomic E-state index is 9.58. The highest BCUT2D eigenvalue weighted by Crippen LogP contribution is 2.31. The van der Waals surface area contributed by atoms with Crippen molar-refractivity contribution in [2.75, 3.05) is 19.7 Å². The maximum absolute atomic E-state index is 9.58. The lowest BCUT2D eigenvalue weighted by atomic mass is 9.83. The fourth-order valence-corrected chi connectivity index (χ4v) is 5.19. The Morgan fingerprint density at radius 3 is 2.32 bits per heavy atom. The zero-order valence-electron chi connectivity index (χ0n) is 14.5. The molecule has 0 spiro atoms. The molecule has 1 heterocycles. The lowest BCUT2D eigenvalue weighted by molar-refractivity contribution is 0.0724. The Hall–Kier alpha value is -0.120. The Bertz CT molecular complexity index is 327. The van der Waals surface area contributed by atoms with Crippen LogP contribution < -0.4 is 5.32 Å². The van der Waals surface area contributed by atoms with E-state index < -0.39 is 0 Å². The molecule has 128 valence electrons. The molecule has 2 saturated carbocycles. The number of piperidine rings is 1. The van der Waals surface area contributed by atoms with Gasteiger partial charge in [0.15, 0.2) is 0 Å². The first-order valence-corrected chi connectivity index (χ1v) is 9.89. The monoisotopic (exact) mass is 308 g/mol. The predicted octanol–water partition coefficient (Wildman–Crippen LogP) is 3.17. The first-order valence-electron chi connectivity index (χ1n) is 9.89. The van der Waals surface area contributed by atoms with Crippen LogP contribution >= 0.6 is 0 Å². The van der Waals surface area contributed by atoms with E-state index in [2.05, 4.69) is 17.1 Å². The average Bonchev–Trinajstić information content (AvgIpc) is 2.57. The Balaban J connectivity index is 1.45. The number of rotatable bonds is 4. The van der Waals surface area contributed by atoms with Gasteiger partial charge >= 0.3 is 0 Å². The van der Waals surface area contributed by atoms with Gasteiger partial charge in [-0.1, -0.05) is 32.6 Å². The standard InChI is InChI=1S/C19H36N2O/c1-15-6-2-5-9-19(15)21-12-10-17(11-13-21)20-18-8-4-3-7-16(18)14-22/h15-20,22H,2-14H2,1H3. The summed E-state index contributed by atoms with van der Waals surface area (Å²) in [5.74, 6) is 1.40. The average molecular weight is 309 g/mol. The van der Waals surface area contributed by atoms with Gasteiger partial charge in [0.1, 0.15) is 0 Å². The van der Waals surface area contributed by atoms with Crippen LogP contribution in [0.5, 0.6) is 0 Å². The van der Waals surface area contributed by atoms with Crippen molar-refractivity contribution in [2.24, 2.45) is 11.8 Å². The van der Waals surface area contributed by atoms with Gasteiger partial charge in [-0.2, -0.15) is 0 Å². The summed E-state index contributed by atoms with van der Waals surface area (Å²) in [6.45, 7) is 5.39. The van der Waals surface area contributed by atoms with Crippen molar-refractivity contribution in [3.05, 3.63) is 0 Å². The summed E-state index contributed by atoms with van der Waals surface area (Å²) in [5.41, 5.74) is 0. The number of aliphatic hydroxyl groups is 1. The van der Waals surface area contributed by atoms with Gasteiger partial charge in [-0.05, 0) is 63.5 Å². The van der Waals surface area contributed by atoms with Gasteiger partial charge in [0, 0.05) is 24.7 Å². The number of hydrogen-bond acceptors (Lipinski definition) is 3. The zero-order valence-corrected chi connectivity index (χ0v) is 14.5. The molecule has 4 unspecified atom stereocenters. The van der Waals surface area contributed by atoms with Gasteiger partial charge in [-0.25, -0.2) is 0 Å². The van der Waals surface area contributed by atoms with Crippen LogP contribution in [0.2, 0.25) is 0 Å². The normalized spacial score (nSPS) is 39.0. The second kappa shape index (κ2) is 8.12. The molecular formula is C19H36N2O. The van der Waals surface area contributed by atoms with E-state index >= 15 is 0 Å². The molecule has 0 aromatic rings. The number of nitrogens with one attached hydrogen (secondary N) is 1. The minimum Gasteiger partial charge on any atom is -0.396 e. The highest BCUT2D eigenvalue weighted by Gasteiger charge is 2.32. The molecule has 0 aromatic carbocycles. The Labute approximate surface area is 136 Å². The second-order valence-corrected chi connectivity index (χ2v) is 8.14. The van der Waals surface area contributed by atoms with Crippen molar-refractivity contribution in [1.82, 2.24) is 10.2 Å². The molecule has 2 N–H and O–H groups in total. The van der Waals surface area contributed by atoms with E-state index in [0.717, 1.165) is 12.0 Å². The van der Waals surface area contributed by atoms with Crippen molar-refractivity contribution in [1.29, 1.82) is 0 Å². The van der Waals surface area contributed by atoms with E-state index in [4.69, 9.17) is 0 Å². The van der Waals surface area contributed by atoms with Gasteiger partial charge in [0.05, 0.1) is 0 Å². The lowest BCUT2D eigenvalue weighted by Crippen LogP contribution is -2.52. The first-order chi connectivity index (χ1) is 10.8. The van der Waals surface area contributed by atoms with Gasteiger partial charge in [0.25, 0.3) is 0 Å². The number of likely N-dealkylation sites (tertiary alicyclic amines) is 1. The Morgan fingerprint density at radius 1 is 0.909 bits per heavy atom. The molecular weight excluding hydrogens is 272 g/mol. The van der Waals surface area contributed by atoms with E-state index in [0.29, 0.717) is 24.6 Å². The van der Waals surface area contributed by atoms with Crippen molar-refractivity contribution in [2.45, 2.75) is 89.3 Å². The minimum absolute atomic E-state index is 0.371. The van der Waals surface area contributed by atoms with Gasteiger partial charge < -0.3 is 15.3 Å². The second-order valence-electron chi connectivity index (χ2n) is 8.14. The van der Waals surface area contributed by atoms with Crippen LogP contribution in [-0.2, 0) is 0 Å². The summed E-state index contributed by atoms with van der Waals surface area (Å²) in [5, 5.41) is 13.5. The lowest BCUT2D eigenvalue weighted by Gasteiger charge is -2.44. The van der Waals surface area contributed by atoms with Gasteiger partial charge in [-0.15, -0.1) is 0 Å². The quantitative estimate of drug-likeness (QED) is 0.837. The third kappa shape index (κ3) is 4.04. The molecule has 1 saturated heterocycles. The highest BCUT2D eigenvalue weighted by atomic mass is 16.3. The molecule has 1 aliphatic heterocycles. The third-order valence-electron chi connectivity index (χ3n) is 6.66. The molecule has 4 atom stereocenters. The molecule has 3 fully saturated rings. The number of hydrogen-bond donors (Lipinski definition) is 2. The summed E-state index contributed by atoms with van der Waals surface area (Å²) >= 11 is 0. The summed E-state index contributed by atoms with van der Waals surface area (Å²) in [6.07, 6.45) is 13.5. The molecule has 0 aromatic heterocycles. The van der Waals surface area contributed by atoms with E-state index in [1.54, 1.807) is 0 Å². The van der Waals surface area contributed by atoms with Crippen LogP contribution in [0.1, 0.15) is 71.1 Å². The largest absolute Gasteiger partial charge is 0.396 e. The van der Waals surface area contributed by atoms with E-state index in [1.807, 2.05) is 0 Å². The SMILES string of the molecule is CC1CCCCC1N1CCC(NC2CCCCC2CO)CC1. The van der Waals surface area contributed by atoms with Crippen LogP contribution in [0.25, 0.3) is 0 Å². The summed E-state index contributed by atoms with van der Waals surface area (Å²) in [6, 6.07) is 2.12. The third-order valence-corrected chi connectivity index (χ3v) is 6.66. The smallest absolute Gasteiger partial charge is 0.0474 e. The van der Waals surface area contributed by atoms with E-state index in [1.165, 1.54) is 77.3 Å². The first kappa shape index (κ1) is 16.7. The molecule has 2 aliphatic carbocycles. The van der Waals surface area contributed by atoms with E-state index in [9.17, 15) is 5.11 Å². The highest BCUT2D eigenvalue weighted by molar-refractivity contribution is 4.89. The molecule has 3 aliphatic rings. The molecule has 0 radical (unpaired) electrons. The molecule has 22 heavy (non-hydrogen) atoms. The number of nitrogens with zero attached hydrogens (tertiary/aromatic N) is 1. The van der Waals surface area contributed by atoms with Gasteiger partial charge in [0.2, 0.25) is 0 Å². The summed E-state index contributed by atoms with van der Waals surface area (Å²) in [4.78, 5) is 2.78. The molecule has 0 amide bonds. The fourth-order valence-electron chi connectivity index (χ4n) is 5.19. The predicted molar refractivity (Wildman–Crippen MR) is 92.0 cm³/mol.